The number of pyridine rings is 2. The SMILES string of the molecule is CC(C)n1ncc2cc(NC(=O)CCc3nc(-c4cccnc4)no3)cnc21. The van der Waals surface area contributed by atoms with E-state index in [1.807, 2.05) is 30.7 Å². The summed E-state index contributed by atoms with van der Waals surface area (Å²) in [5, 5.41) is 12.0. The lowest BCUT2D eigenvalue weighted by Gasteiger charge is -2.07. The summed E-state index contributed by atoms with van der Waals surface area (Å²) in [6.07, 6.45) is 7.28. The molecule has 0 unspecified atom stereocenters. The lowest BCUT2D eigenvalue weighted by molar-refractivity contribution is -0.116. The molecular formula is C19H19N7O2. The molecule has 4 aromatic rings. The van der Waals surface area contributed by atoms with Gasteiger partial charge in [0.1, 0.15) is 0 Å². The van der Waals surface area contributed by atoms with Gasteiger partial charge in [-0.25, -0.2) is 9.67 Å². The number of hydrogen-bond donors (Lipinski definition) is 1. The maximum atomic E-state index is 12.3. The van der Waals surface area contributed by atoms with Crippen LogP contribution in [-0.2, 0) is 11.2 Å². The van der Waals surface area contributed by atoms with Gasteiger partial charge in [0.2, 0.25) is 17.6 Å². The largest absolute Gasteiger partial charge is 0.339 e. The van der Waals surface area contributed by atoms with E-state index >= 15 is 0 Å². The minimum Gasteiger partial charge on any atom is -0.339 e. The van der Waals surface area contributed by atoms with E-state index in [4.69, 9.17) is 4.52 Å². The Hall–Kier alpha value is -3.62. The van der Waals surface area contributed by atoms with Gasteiger partial charge in [-0.3, -0.25) is 9.78 Å². The zero-order valence-electron chi connectivity index (χ0n) is 15.5. The lowest BCUT2D eigenvalue weighted by Crippen LogP contribution is -2.12. The number of nitrogens with zero attached hydrogens (tertiary/aromatic N) is 6. The molecule has 0 saturated carbocycles. The fraction of sp³-hybridized carbons (Fsp3) is 0.263. The molecule has 0 aliphatic carbocycles. The van der Waals surface area contributed by atoms with Crippen LogP contribution in [0.5, 0.6) is 0 Å². The van der Waals surface area contributed by atoms with Gasteiger partial charge in [0.15, 0.2) is 5.65 Å². The van der Waals surface area contributed by atoms with Crippen LogP contribution in [-0.4, -0.2) is 35.8 Å². The van der Waals surface area contributed by atoms with Gasteiger partial charge in [-0.1, -0.05) is 5.16 Å². The number of nitrogens with one attached hydrogen (secondary N) is 1. The molecule has 1 amide bonds. The van der Waals surface area contributed by atoms with Crippen LogP contribution in [0, 0.1) is 0 Å². The minimum absolute atomic E-state index is 0.154. The summed E-state index contributed by atoms with van der Waals surface area (Å²) in [5.41, 5.74) is 2.19. The molecule has 0 fully saturated rings. The number of hydrogen-bond acceptors (Lipinski definition) is 7. The summed E-state index contributed by atoms with van der Waals surface area (Å²) in [6.45, 7) is 4.09. The van der Waals surface area contributed by atoms with Gasteiger partial charge in [-0.15, -0.1) is 0 Å². The first-order valence-electron chi connectivity index (χ1n) is 8.96. The smallest absolute Gasteiger partial charge is 0.227 e. The molecule has 0 aliphatic rings. The van der Waals surface area contributed by atoms with Gasteiger partial charge < -0.3 is 9.84 Å². The molecule has 0 aliphatic heterocycles. The van der Waals surface area contributed by atoms with Crippen LogP contribution in [0.1, 0.15) is 32.2 Å². The van der Waals surface area contributed by atoms with Crippen molar-refractivity contribution < 1.29 is 9.32 Å². The molecule has 0 atom stereocenters. The third kappa shape index (κ3) is 3.73. The summed E-state index contributed by atoms with van der Waals surface area (Å²) in [5.74, 6) is 0.708. The molecule has 0 aromatic carbocycles. The minimum atomic E-state index is -0.154. The number of anilines is 1. The second-order valence-electron chi connectivity index (χ2n) is 6.62. The highest BCUT2D eigenvalue weighted by atomic mass is 16.5. The number of aryl methyl sites for hydroxylation is 1. The zero-order valence-corrected chi connectivity index (χ0v) is 15.5. The van der Waals surface area contributed by atoms with Crippen LogP contribution >= 0.6 is 0 Å². The number of fused-ring (bicyclic) bond motifs is 1. The van der Waals surface area contributed by atoms with E-state index in [0.717, 1.165) is 16.6 Å². The van der Waals surface area contributed by atoms with E-state index < -0.39 is 0 Å². The Labute approximate surface area is 160 Å². The summed E-state index contributed by atoms with van der Waals surface area (Å²) >= 11 is 0. The molecule has 9 heteroatoms. The summed E-state index contributed by atoms with van der Waals surface area (Å²) in [4.78, 5) is 25.0. The summed E-state index contributed by atoms with van der Waals surface area (Å²) < 4.78 is 7.05. The number of rotatable bonds is 6. The summed E-state index contributed by atoms with van der Waals surface area (Å²) in [7, 11) is 0. The maximum Gasteiger partial charge on any atom is 0.227 e. The average Bonchev–Trinajstić information content (AvgIpc) is 3.34. The molecule has 142 valence electrons. The Bertz CT molecular complexity index is 1100. The van der Waals surface area contributed by atoms with Crippen LogP contribution in [0.15, 0.2) is 47.5 Å². The Morgan fingerprint density at radius 1 is 1.29 bits per heavy atom. The van der Waals surface area contributed by atoms with E-state index in [-0.39, 0.29) is 18.4 Å². The van der Waals surface area contributed by atoms with Gasteiger partial charge >= 0.3 is 0 Å². The lowest BCUT2D eigenvalue weighted by atomic mass is 10.2. The van der Waals surface area contributed by atoms with Crippen LogP contribution in [0.4, 0.5) is 5.69 Å². The number of amides is 1. The first-order valence-corrected chi connectivity index (χ1v) is 8.96. The normalized spacial score (nSPS) is 11.2. The molecule has 0 saturated heterocycles. The third-order valence-electron chi connectivity index (χ3n) is 4.16. The zero-order chi connectivity index (χ0) is 19.5. The Morgan fingerprint density at radius 2 is 2.18 bits per heavy atom. The predicted octanol–water partition coefficient (Wildman–Crippen LogP) is 3.03. The first-order chi connectivity index (χ1) is 13.6. The molecule has 28 heavy (non-hydrogen) atoms. The van der Waals surface area contributed by atoms with Gasteiger partial charge in [-0.05, 0) is 32.0 Å². The van der Waals surface area contributed by atoms with E-state index in [1.165, 1.54) is 0 Å². The molecule has 1 N–H and O–H groups in total. The highest BCUT2D eigenvalue weighted by Crippen LogP contribution is 2.19. The average molecular weight is 377 g/mol. The van der Waals surface area contributed by atoms with Crippen molar-refractivity contribution in [3.63, 3.8) is 0 Å². The molecule has 0 bridgehead atoms. The second-order valence-corrected chi connectivity index (χ2v) is 6.62. The quantitative estimate of drug-likeness (QED) is 0.549. The van der Waals surface area contributed by atoms with Crippen molar-refractivity contribution in [1.29, 1.82) is 0 Å². The third-order valence-corrected chi connectivity index (χ3v) is 4.16. The Kier molecular flexibility index (Phi) is 4.79. The van der Waals surface area contributed by atoms with Crippen LogP contribution < -0.4 is 5.32 Å². The monoisotopic (exact) mass is 377 g/mol. The number of carbonyl (C=O) groups is 1. The van der Waals surface area contributed by atoms with E-state index in [0.29, 0.717) is 23.8 Å². The molecule has 0 spiro atoms. The van der Waals surface area contributed by atoms with Crippen molar-refractivity contribution >= 4 is 22.6 Å². The van der Waals surface area contributed by atoms with Gasteiger partial charge in [0, 0.05) is 42.2 Å². The van der Waals surface area contributed by atoms with Crippen molar-refractivity contribution in [2.45, 2.75) is 32.7 Å². The molecule has 0 radical (unpaired) electrons. The van der Waals surface area contributed by atoms with Crippen molar-refractivity contribution in [1.82, 2.24) is 29.9 Å². The molecule has 4 heterocycles. The van der Waals surface area contributed by atoms with Crippen LogP contribution in [0.3, 0.4) is 0 Å². The Morgan fingerprint density at radius 3 is 2.96 bits per heavy atom. The topological polar surface area (TPSA) is 112 Å². The molecule has 9 nitrogen and oxygen atoms in total. The summed E-state index contributed by atoms with van der Waals surface area (Å²) in [6, 6.07) is 5.73. The van der Waals surface area contributed by atoms with E-state index in [9.17, 15) is 4.79 Å². The highest BCUT2D eigenvalue weighted by molar-refractivity contribution is 5.92. The number of aromatic nitrogens is 6. The number of carbonyl (C=O) groups excluding carboxylic acids is 1. The first kappa shape index (κ1) is 17.8. The second kappa shape index (κ2) is 7.55. The fourth-order valence-electron chi connectivity index (χ4n) is 2.80. The Balaban J connectivity index is 1.37. The van der Waals surface area contributed by atoms with Crippen molar-refractivity contribution in [3.05, 3.63) is 48.9 Å². The maximum absolute atomic E-state index is 12.3. The predicted molar refractivity (Wildman–Crippen MR) is 102 cm³/mol. The van der Waals surface area contributed by atoms with Crippen LogP contribution in [0.2, 0.25) is 0 Å². The highest BCUT2D eigenvalue weighted by Gasteiger charge is 2.12. The van der Waals surface area contributed by atoms with E-state index in [1.54, 1.807) is 30.9 Å². The van der Waals surface area contributed by atoms with Gasteiger partial charge in [0.25, 0.3) is 0 Å². The van der Waals surface area contributed by atoms with Crippen LogP contribution in [0.25, 0.3) is 22.4 Å². The van der Waals surface area contributed by atoms with Gasteiger partial charge in [0.05, 0.1) is 18.1 Å². The van der Waals surface area contributed by atoms with Crippen molar-refractivity contribution in [3.8, 4) is 11.4 Å². The van der Waals surface area contributed by atoms with Crippen molar-refractivity contribution in [2.24, 2.45) is 0 Å². The molecular weight excluding hydrogens is 358 g/mol. The van der Waals surface area contributed by atoms with Gasteiger partial charge in [-0.2, -0.15) is 10.1 Å². The molecule has 4 aromatic heterocycles. The molecule has 4 rings (SSSR count). The van der Waals surface area contributed by atoms with Crippen molar-refractivity contribution in [2.75, 3.05) is 5.32 Å². The fourth-order valence-corrected chi connectivity index (χ4v) is 2.80. The standard InChI is InChI=1S/C19H19N7O2/c1-12(2)26-19-14(10-22-26)8-15(11-21-19)23-16(27)5-6-17-24-18(25-28-17)13-4-3-7-20-9-13/h3-4,7-12H,5-6H2,1-2H3,(H,23,27). The van der Waals surface area contributed by atoms with E-state index in [2.05, 4.69) is 30.5 Å².